The highest BCUT2D eigenvalue weighted by molar-refractivity contribution is 5.76. The van der Waals surface area contributed by atoms with E-state index in [1.807, 2.05) is 0 Å². The number of phenols is 1. The Morgan fingerprint density at radius 2 is 1.83 bits per heavy atom. The Kier molecular flexibility index (Phi) is 6.12. The number of para-hydroxylation sites is 1. The number of benzene rings is 2. The number of phenolic OH excluding ortho intramolecular Hbond substituents is 1. The van der Waals surface area contributed by atoms with Gasteiger partial charge in [-0.25, -0.2) is 0 Å². The van der Waals surface area contributed by atoms with Gasteiger partial charge < -0.3 is 14.7 Å². The number of aryl methyl sites for hydroxylation is 1. The molecule has 128 valence electrons. The highest BCUT2D eigenvalue weighted by Gasteiger charge is 2.11. The first kappa shape index (κ1) is 17.7. The Morgan fingerprint density at radius 3 is 2.46 bits per heavy atom. The number of alkyl halides is 2. The molecule has 1 amide bonds. The van der Waals surface area contributed by atoms with Crippen LogP contribution in [0.1, 0.15) is 17.5 Å². The molecule has 2 rings (SSSR count). The topological polar surface area (TPSA) is 49.8 Å². The van der Waals surface area contributed by atoms with Gasteiger partial charge in [0, 0.05) is 25.6 Å². The Hall–Kier alpha value is -2.63. The van der Waals surface area contributed by atoms with Crippen LogP contribution in [0.3, 0.4) is 0 Å². The van der Waals surface area contributed by atoms with Crippen molar-refractivity contribution in [2.75, 3.05) is 7.05 Å². The average Bonchev–Trinajstić information content (AvgIpc) is 2.55. The summed E-state index contributed by atoms with van der Waals surface area (Å²) in [7, 11) is 1.67. The van der Waals surface area contributed by atoms with Gasteiger partial charge in [0.15, 0.2) is 0 Å². The molecule has 2 aromatic carbocycles. The smallest absolute Gasteiger partial charge is 0.387 e. The maximum Gasteiger partial charge on any atom is 0.387 e. The van der Waals surface area contributed by atoms with Gasteiger partial charge in [-0.15, -0.1) is 0 Å². The van der Waals surface area contributed by atoms with Crippen LogP contribution >= 0.6 is 0 Å². The van der Waals surface area contributed by atoms with Crippen molar-refractivity contribution in [1.82, 2.24) is 4.90 Å². The van der Waals surface area contributed by atoms with Gasteiger partial charge in [0.25, 0.3) is 0 Å². The molecular weight excluding hydrogens is 316 g/mol. The summed E-state index contributed by atoms with van der Waals surface area (Å²) < 4.78 is 28.4. The van der Waals surface area contributed by atoms with E-state index in [2.05, 4.69) is 4.74 Å². The summed E-state index contributed by atoms with van der Waals surface area (Å²) in [5.74, 6) is 0.190. The quantitative estimate of drug-likeness (QED) is 0.841. The Bertz CT molecular complexity index is 674. The monoisotopic (exact) mass is 335 g/mol. The third-order valence-corrected chi connectivity index (χ3v) is 3.60. The van der Waals surface area contributed by atoms with Crippen molar-refractivity contribution in [1.29, 1.82) is 0 Å². The first-order valence-corrected chi connectivity index (χ1v) is 7.50. The minimum Gasteiger partial charge on any atom is -0.508 e. The lowest BCUT2D eigenvalue weighted by Crippen LogP contribution is -2.26. The van der Waals surface area contributed by atoms with E-state index in [1.165, 1.54) is 12.1 Å². The fourth-order valence-corrected chi connectivity index (χ4v) is 2.27. The van der Waals surface area contributed by atoms with Crippen molar-refractivity contribution in [3.63, 3.8) is 0 Å². The zero-order valence-electron chi connectivity index (χ0n) is 13.3. The Balaban J connectivity index is 1.85. The van der Waals surface area contributed by atoms with Crippen LogP contribution in [-0.2, 0) is 17.8 Å². The molecule has 6 heteroatoms. The molecule has 0 fully saturated rings. The molecule has 0 aliphatic rings. The first-order chi connectivity index (χ1) is 11.5. The van der Waals surface area contributed by atoms with Crippen molar-refractivity contribution in [2.45, 2.75) is 26.0 Å². The lowest BCUT2D eigenvalue weighted by molar-refractivity contribution is -0.130. The number of aromatic hydroxyl groups is 1. The number of carbonyl (C=O) groups is 1. The van der Waals surface area contributed by atoms with E-state index in [0.717, 1.165) is 5.56 Å². The molecule has 0 unspecified atom stereocenters. The van der Waals surface area contributed by atoms with E-state index in [0.29, 0.717) is 24.9 Å². The van der Waals surface area contributed by atoms with E-state index < -0.39 is 6.61 Å². The lowest BCUT2D eigenvalue weighted by atomic mass is 10.1. The zero-order valence-corrected chi connectivity index (χ0v) is 13.3. The fraction of sp³-hybridized carbons (Fsp3) is 0.278. The largest absolute Gasteiger partial charge is 0.508 e. The molecule has 2 aromatic rings. The lowest BCUT2D eigenvalue weighted by Gasteiger charge is -2.18. The van der Waals surface area contributed by atoms with E-state index in [4.69, 9.17) is 0 Å². The Labute approximate surface area is 139 Å². The highest BCUT2D eigenvalue weighted by Crippen LogP contribution is 2.18. The van der Waals surface area contributed by atoms with Gasteiger partial charge in [-0.05, 0) is 30.2 Å². The van der Waals surface area contributed by atoms with Crippen molar-refractivity contribution < 1.29 is 23.4 Å². The minimum absolute atomic E-state index is 0.0637. The van der Waals surface area contributed by atoms with Crippen molar-refractivity contribution in [3.8, 4) is 11.5 Å². The molecule has 0 aromatic heterocycles. The number of carbonyl (C=O) groups excluding carboxylic acids is 1. The molecule has 24 heavy (non-hydrogen) atoms. The van der Waals surface area contributed by atoms with Crippen LogP contribution < -0.4 is 4.74 Å². The average molecular weight is 335 g/mol. The number of ether oxygens (including phenoxy) is 1. The van der Waals surface area contributed by atoms with Crippen LogP contribution in [-0.4, -0.2) is 29.6 Å². The predicted molar refractivity (Wildman–Crippen MR) is 86.0 cm³/mol. The normalized spacial score (nSPS) is 10.7. The summed E-state index contributed by atoms with van der Waals surface area (Å²) in [6.45, 7) is -2.52. The van der Waals surface area contributed by atoms with E-state index in [9.17, 15) is 18.7 Å². The van der Waals surface area contributed by atoms with E-state index in [-0.39, 0.29) is 17.4 Å². The van der Waals surface area contributed by atoms with Crippen LogP contribution in [0, 0.1) is 0 Å². The second kappa shape index (κ2) is 8.29. The van der Waals surface area contributed by atoms with Crippen molar-refractivity contribution in [2.24, 2.45) is 0 Å². The Morgan fingerprint density at radius 1 is 1.17 bits per heavy atom. The van der Waals surface area contributed by atoms with E-state index >= 15 is 0 Å². The minimum atomic E-state index is -2.85. The van der Waals surface area contributed by atoms with Gasteiger partial charge in [0.2, 0.25) is 5.91 Å². The van der Waals surface area contributed by atoms with E-state index in [1.54, 1.807) is 48.3 Å². The predicted octanol–water partition coefficient (Wildman–Crippen LogP) is 3.58. The van der Waals surface area contributed by atoms with Gasteiger partial charge in [0.05, 0.1) is 0 Å². The first-order valence-electron chi connectivity index (χ1n) is 7.50. The van der Waals surface area contributed by atoms with Crippen LogP contribution in [0.5, 0.6) is 11.5 Å². The van der Waals surface area contributed by atoms with Gasteiger partial charge in [-0.3, -0.25) is 4.79 Å². The number of hydrogen-bond donors (Lipinski definition) is 1. The summed E-state index contributed by atoms with van der Waals surface area (Å²) in [6, 6.07) is 13.1. The SMILES string of the molecule is CN(Cc1ccccc1O)C(=O)CCc1ccc(OC(F)F)cc1. The molecule has 0 heterocycles. The highest BCUT2D eigenvalue weighted by atomic mass is 19.3. The number of hydrogen-bond acceptors (Lipinski definition) is 3. The third kappa shape index (κ3) is 5.22. The molecular formula is C18H19F2NO3. The van der Waals surface area contributed by atoms with Gasteiger partial charge in [0.1, 0.15) is 11.5 Å². The van der Waals surface area contributed by atoms with Crippen LogP contribution in [0.4, 0.5) is 8.78 Å². The third-order valence-electron chi connectivity index (χ3n) is 3.60. The summed E-state index contributed by atoms with van der Waals surface area (Å²) in [5.41, 5.74) is 1.54. The molecule has 0 bridgehead atoms. The molecule has 0 saturated carbocycles. The summed E-state index contributed by atoms with van der Waals surface area (Å²) >= 11 is 0. The number of nitrogens with zero attached hydrogens (tertiary/aromatic N) is 1. The van der Waals surface area contributed by atoms with Gasteiger partial charge >= 0.3 is 6.61 Å². The van der Waals surface area contributed by atoms with Crippen LogP contribution in [0.25, 0.3) is 0 Å². The van der Waals surface area contributed by atoms with Crippen molar-refractivity contribution >= 4 is 5.91 Å². The van der Waals surface area contributed by atoms with Crippen LogP contribution in [0.15, 0.2) is 48.5 Å². The number of halogens is 2. The standard InChI is InChI=1S/C18H19F2NO3/c1-21(12-14-4-2-3-5-16(14)22)17(23)11-8-13-6-9-15(10-7-13)24-18(19)20/h2-7,9-10,18,22H,8,11-12H2,1H3. The molecule has 0 radical (unpaired) electrons. The molecule has 0 aliphatic heterocycles. The maximum absolute atomic E-state index is 12.2. The van der Waals surface area contributed by atoms with Gasteiger partial charge in [-0.2, -0.15) is 8.78 Å². The molecule has 1 N–H and O–H groups in total. The number of amides is 1. The summed E-state index contributed by atoms with van der Waals surface area (Å²) in [5, 5.41) is 9.73. The zero-order chi connectivity index (χ0) is 17.5. The second-order valence-corrected chi connectivity index (χ2v) is 5.40. The van der Waals surface area contributed by atoms with Crippen LogP contribution in [0.2, 0.25) is 0 Å². The number of rotatable bonds is 7. The molecule has 0 saturated heterocycles. The second-order valence-electron chi connectivity index (χ2n) is 5.40. The van der Waals surface area contributed by atoms with Crippen molar-refractivity contribution in [3.05, 3.63) is 59.7 Å². The van der Waals surface area contributed by atoms with Gasteiger partial charge in [-0.1, -0.05) is 30.3 Å². The maximum atomic E-state index is 12.2. The molecule has 0 aliphatic carbocycles. The summed E-state index contributed by atoms with van der Waals surface area (Å²) in [4.78, 5) is 13.7. The molecule has 0 atom stereocenters. The summed E-state index contributed by atoms with van der Waals surface area (Å²) in [6.07, 6.45) is 0.790. The fourth-order valence-electron chi connectivity index (χ4n) is 2.27. The molecule has 4 nitrogen and oxygen atoms in total. The molecule has 0 spiro atoms.